The molecule has 6 nitrogen and oxygen atoms in total. The number of hydrogen-bond donors (Lipinski definition) is 2. The van der Waals surface area contributed by atoms with Crippen LogP contribution in [-0.2, 0) is 23.2 Å². The van der Waals surface area contributed by atoms with E-state index in [4.69, 9.17) is 37.8 Å². The zero-order chi connectivity index (χ0) is 22.4. The molecule has 0 heterocycles. The Morgan fingerprint density at radius 3 is 2.23 bits per heavy atom. The Balaban J connectivity index is 1.67. The summed E-state index contributed by atoms with van der Waals surface area (Å²) in [5, 5.41) is 9.33. The molecule has 0 aliphatic carbocycles. The Morgan fingerprint density at radius 1 is 0.871 bits per heavy atom. The summed E-state index contributed by atoms with van der Waals surface area (Å²) in [7, 11) is -3.71. The van der Waals surface area contributed by atoms with E-state index in [0.29, 0.717) is 41.3 Å². The molecule has 164 valence electrons. The van der Waals surface area contributed by atoms with Gasteiger partial charge in [0, 0.05) is 12.2 Å². The molecule has 3 aromatic rings. The second-order valence-corrected chi connectivity index (χ2v) is 9.05. The molecular weight excluding hydrogens is 459 g/mol. The number of hydrogen-bond acceptors (Lipinski definition) is 5. The van der Waals surface area contributed by atoms with Crippen LogP contribution in [0.2, 0.25) is 10.0 Å². The second kappa shape index (κ2) is 10.2. The van der Waals surface area contributed by atoms with Crippen LogP contribution in [0.4, 0.5) is 5.69 Å². The average Bonchev–Trinajstić information content (AvgIpc) is 2.74. The lowest BCUT2D eigenvalue weighted by atomic mass is 10.2. The molecule has 0 unspecified atom stereocenters. The summed E-state index contributed by atoms with van der Waals surface area (Å²) in [4.78, 5) is 0.0696. The Bertz CT molecular complexity index is 1150. The maximum absolute atomic E-state index is 11.3. The second-order valence-electron chi connectivity index (χ2n) is 6.67. The Morgan fingerprint density at radius 2 is 1.58 bits per heavy atom. The summed E-state index contributed by atoms with van der Waals surface area (Å²) < 4.78 is 34.3. The third kappa shape index (κ3) is 6.51. The highest BCUT2D eigenvalue weighted by molar-refractivity contribution is 7.89. The fourth-order valence-corrected chi connectivity index (χ4v) is 3.64. The molecule has 0 spiro atoms. The smallest absolute Gasteiger partial charge is 0.238 e. The fraction of sp³-hybridized carbons (Fsp3) is 0.182. The fourth-order valence-electron chi connectivity index (χ4n) is 2.81. The lowest BCUT2D eigenvalue weighted by molar-refractivity contribution is 0.269. The van der Waals surface area contributed by atoms with Crippen LogP contribution in [-0.4, -0.2) is 15.0 Å². The topological polar surface area (TPSA) is 90.6 Å². The molecule has 3 N–H and O–H groups in total. The van der Waals surface area contributed by atoms with E-state index in [2.05, 4.69) is 5.32 Å². The highest BCUT2D eigenvalue weighted by Crippen LogP contribution is 2.30. The summed E-state index contributed by atoms with van der Waals surface area (Å²) in [6, 6.07) is 17.3. The molecular formula is C22H22Cl2N2O4S. The number of benzene rings is 3. The molecule has 9 heteroatoms. The minimum Gasteiger partial charge on any atom is -0.490 e. The largest absolute Gasteiger partial charge is 0.490 e. The molecule has 0 fully saturated rings. The number of halogens is 2. The summed E-state index contributed by atoms with van der Waals surface area (Å²) in [5.41, 5.74) is 2.64. The average molecular weight is 481 g/mol. The summed E-state index contributed by atoms with van der Waals surface area (Å²) in [5.74, 6) is 1.25. The van der Waals surface area contributed by atoms with E-state index in [1.807, 2.05) is 31.2 Å². The van der Waals surface area contributed by atoms with E-state index in [0.717, 1.165) is 16.8 Å². The molecule has 0 radical (unpaired) electrons. The molecule has 31 heavy (non-hydrogen) atoms. The van der Waals surface area contributed by atoms with Gasteiger partial charge < -0.3 is 14.8 Å². The summed E-state index contributed by atoms with van der Waals surface area (Å²) in [6.07, 6.45) is 0. The van der Waals surface area contributed by atoms with Crippen LogP contribution < -0.4 is 19.9 Å². The Kier molecular flexibility index (Phi) is 7.67. The van der Waals surface area contributed by atoms with Gasteiger partial charge in [0.25, 0.3) is 0 Å². The zero-order valence-corrected chi connectivity index (χ0v) is 19.1. The highest BCUT2D eigenvalue weighted by atomic mass is 35.5. The highest BCUT2D eigenvalue weighted by Gasteiger charge is 2.09. The number of primary sulfonamides is 1. The Hall–Kier alpha value is -2.45. The van der Waals surface area contributed by atoms with E-state index in [1.165, 1.54) is 12.1 Å². The van der Waals surface area contributed by atoms with Crippen molar-refractivity contribution in [2.24, 2.45) is 5.14 Å². The molecule has 0 saturated carbocycles. The SMILES string of the molecule is CCOc1cc(CNc2ccc(S(N)(=O)=O)cc2)ccc1OCc1ccc(Cl)c(Cl)c1. The van der Waals surface area contributed by atoms with Crippen LogP contribution in [0.1, 0.15) is 18.1 Å². The van der Waals surface area contributed by atoms with Crippen molar-refractivity contribution >= 4 is 38.9 Å². The van der Waals surface area contributed by atoms with Gasteiger partial charge in [-0.05, 0) is 66.6 Å². The first kappa shape index (κ1) is 23.2. The molecule has 0 aliphatic rings. The van der Waals surface area contributed by atoms with Crippen LogP contribution in [0.3, 0.4) is 0 Å². The van der Waals surface area contributed by atoms with Gasteiger partial charge in [0.1, 0.15) is 6.61 Å². The quantitative estimate of drug-likeness (QED) is 0.437. The normalized spacial score (nSPS) is 11.2. The van der Waals surface area contributed by atoms with Crippen LogP contribution in [0.25, 0.3) is 0 Å². The third-order valence-corrected chi connectivity index (χ3v) is 6.03. The molecule has 0 amide bonds. The zero-order valence-electron chi connectivity index (χ0n) is 16.8. The van der Waals surface area contributed by atoms with Crippen molar-refractivity contribution in [2.45, 2.75) is 25.0 Å². The van der Waals surface area contributed by atoms with E-state index >= 15 is 0 Å². The van der Waals surface area contributed by atoms with Crippen LogP contribution in [0.15, 0.2) is 65.6 Å². The molecule has 0 aliphatic heterocycles. The van der Waals surface area contributed by atoms with Gasteiger partial charge in [0.15, 0.2) is 11.5 Å². The third-order valence-electron chi connectivity index (χ3n) is 4.37. The molecule has 0 aromatic heterocycles. The van der Waals surface area contributed by atoms with Crippen LogP contribution >= 0.6 is 23.2 Å². The summed E-state index contributed by atoms with van der Waals surface area (Å²) in [6.45, 7) is 3.24. The van der Waals surface area contributed by atoms with Gasteiger partial charge in [0.05, 0.1) is 21.5 Å². The van der Waals surface area contributed by atoms with Crippen molar-refractivity contribution in [2.75, 3.05) is 11.9 Å². The maximum Gasteiger partial charge on any atom is 0.238 e. The first-order chi connectivity index (χ1) is 14.8. The first-order valence-corrected chi connectivity index (χ1v) is 11.8. The first-order valence-electron chi connectivity index (χ1n) is 9.45. The molecule has 3 rings (SSSR count). The van der Waals surface area contributed by atoms with Crippen molar-refractivity contribution in [3.63, 3.8) is 0 Å². The molecule has 3 aromatic carbocycles. The van der Waals surface area contributed by atoms with E-state index < -0.39 is 10.0 Å². The summed E-state index contributed by atoms with van der Waals surface area (Å²) >= 11 is 12.0. The van der Waals surface area contributed by atoms with Gasteiger partial charge in [-0.1, -0.05) is 35.3 Å². The van der Waals surface area contributed by atoms with E-state index in [1.54, 1.807) is 24.3 Å². The number of anilines is 1. The predicted octanol–water partition coefficient (Wildman–Crippen LogP) is 5.23. The minimum absolute atomic E-state index is 0.0696. The molecule has 0 atom stereocenters. The lowest BCUT2D eigenvalue weighted by Gasteiger charge is -2.14. The van der Waals surface area contributed by atoms with Gasteiger partial charge in [-0.15, -0.1) is 0 Å². The monoisotopic (exact) mass is 480 g/mol. The van der Waals surface area contributed by atoms with E-state index in [9.17, 15) is 8.42 Å². The van der Waals surface area contributed by atoms with Crippen molar-refractivity contribution in [1.29, 1.82) is 0 Å². The van der Waals surface area contributed by atoms with E-state index in [-0.39, 0.29) is 4.90 Å². The van der Waals surface area contributed by atoms with Gasteiger partial charge >= 0.3 is 0 Å². The Labute approximate surface area is 191 Å². The molecule has 0 saturated heterocycles. The van der Waals surface area contributed by atoms with Gasteiger partial charge in [-0.2, -0.15) is 0 Å². The number of ether oxygens (including phenoxy) is 2. The molecule has 0 bridgehead atoms. The van der Waals surface area contributed by atoms with Gasteiger partial charge in [-0.25, -0.2) is 13.6 Å². The van der Waals surface area contributed by atoms with Crippen molar-refractivity contribution in [3.8, 4) is 11.5 Å². The lowest BCUT2D eigenvalue weighted by Crippen LogP contribution is -2.12. The standard InChI is InChI=1S/C22H22Cl2N2O4S/c1-2-29-22-12-15(13-26-17-5-7-18(8-6-17)31(25,27)28)4-10-21(22)30-14-16-3-9-19(23)20(24)11-16/h3-12,26H,2,13-14H2,1H3,(H2,25,27,28). The number of nitrogens with one attached hydrogen (secondary N) is 1. The van der Waals surface area contributed by atoms with Crippen molar-refractivity contribution in [3.05, 3.63) is 81.8 Å². The van der Waals surface area contributed by atoms with Crippen LogP contribution in [0.5, 0.6) is 11.5 Å². The van der Waals surface area contributed by atoms with Crippen molar-refractivity contribution < 1.29 is 17.9 Å². The maximum atomic E-state index is 11.3. The predicted molar refractivity (Wildman–Crippen MR) is 124 cm³/mol. The van der Waals surface area contributed by atoms with Gasteiger partial charge in [0.2, 0.25) is 10.0 Å². The minimum atomic E-state index is -3.71. The number of nitrogens with two attached hydrogens (primary N) is 1. The number of sulfonamides is 1. The van der Waals surface area contributed by atoms with Crippen LogP contribution in [0, 0.1) is 0 Å². The van der Waals surface area contributed by atoms with Crippen molar-refractivity contribution in [1.82, 2.24) is 0 Å². The van der Waals surface area contributed by atoms with Gasteiger partial charge in [-0.3, -0.25) is 0 Å². The number of rotatable bonds is 9.